The van der Waals surface area contributed by atoms with Crippen LogP contribution in [0, 0.1) is 6.92 Å². The Balaban J connectivity index is 1.60. The van der Waals surface area contributed by atoms with E-state index in [2.05, 4.69) is 27.1 Å². The lowest BCUT2D eigenvalue weighted by Crippen LogP contribution is -2.33. The molecule has 1 atom stereocenters. The number of aromatic nitrogens is 1. The minimum Gasteiger partial charge on any atom is -0.486 e. The molecule has 1 unspecified atom stereocenters. The van der Waals surface area contributed by atoms with Gasteiger partial charge in [0, 0.05) is 49.6 Å². The molecule has 0 aliphatic carbocycles. The Labute approximate surface area is 187 Å². The van der Waals surface area contributed by atoms with Crippen molar-refractivity contribution in [2.75, 3.05) is 43.5 Å². The Hall–Kier alpha value is -2.90. The summed E-state index contributed by atoms with van der Waals surface area (Å²) in [5, 5.41) is 7.40. The molecule has 0 fully saturated rings. The second-order valence-electron chi connectivity index (χ2n) is 7.75. The number of aryl methyl sites for hydroxylation is 1. The number of nitrogens with zero attached hydrogens (tertiary/aromatic N) is 3. The first kappa shape index (κ1) is 21.3. The van der Waals surface area contributed by atoms with Gasteiger partial charge in [0.15, 0.2) is 0 Å². The number of nitrogens with one attached hydrogen (secondary N) is 1. The number of ether oxygens (including phenoxy) is 1. The number of pyridine rings is 1. The average molecular weight is 437 g/mol. The van der Waals surface area contributed by atoms with Crippen LogP contribution in [-0.4, -0.2) is 44.6 Å². The molecule has 1 aliphatic heterocycles. The third-order valence-electron chi connectivity index (χ3n) is 5.49. The van der Waals surface area contributed by atoms with Gasteiger partial charge in [-0.3, -0.25) is 4.79 Å². The predicted molar refractivity (Wildman–Crippen MR) is 127 cm³/mol. The van der Waals surface area contributed by atoms with E-state index in [1.165, 1.54) is 5.56 Å². The van der Waals surface area contributed by atoms with Crippen molar-refractivity contribution in [2.45, 2.75) is 19.4 Å². The molecular weight excluding hydrogens is 408 g/mol. The average Bonchev–Trinajstić information content (AvgIpc) is 3.28. The van der Waals surface area contributed by atoms with Crippen LogP contribution >= 0.6 is 11.3 Å². The van der Waals surface area contributed by atoms with Crippen molar-refractivity contribution in [3.63, 3.8) is 0 Å². The van der Waals surface area contributed by atoms with E-state index >= 15 is 0 Å². The van der Waals surface area contributed by atoms with Crippen LogP contribution in [0.4, 0.5) is 11.5 Å². The highest BCUT2D eigenvalue weighted by molar-refractivity contribution is 7.07. The van der Waals surface area contributed by atoms with Gasteiger partial charge < -0.3 is 19.9 Å². The van der Waals surface area contributed by atoms with Crippen LogP contribution in [0.2, 0.25) is 0 Å². The van der Waals surface area contributed by atoms with Gasteiger partial charge in [0.05, 0.1) is 5.56 Å². The number of carbonyl (C=O) groups excluding carboxylic acids is 1. The van der Waals surface area contributed by atoms with Crippen LogP contribution < -0.4 is 19.9 Å². The van der Waals surface area contributed by atoms with E-state index in [0.717, 1.165) is 35.9 Å². The van der Waals surface area contributed by atoms with Gasteiger partial charge in [0.1, 0.15) is 17.7 Å². The predicted octanol–water partition coefficient (Wildman–Crippen LogP) is 4.28. The molecule has 31 heavy (non-hydrogen) atoms. The molecule has 2 aromatic heterocycles. The summed E-state index contributed by atoms with van der Waals surface area (Å²) < 4.78 is 6.37. The van der Waals surface area contributed by atoms with Crippen LogP contribution in [0.5, 0.6) is 5.75 Å². The third-order valence-corrected chi connectivity index (χ3v) is 6.19. The lowest BCUT2D eigenvalue weighted by Gasteiger charge is -2.23. The van der Waals surface area contributed by atoms with Gasteiger partial charge >= 0.3 is 0 Å². The molecule has 3 heterocycles. The Kier molecular flexibility index (Phi) is 6.53. The number of thiophene rings is 1. The number of rotatable bonds is 7. The van der Waals surface area contributed by atoms with E-state index in [4.69, 9.17) is 4.74 Å². The van der Waals surface area contributed by atoms with Crippen molar-refractivity contribution in [1.82, 2.24) is 10.3 Å². The molecule has 7 heteroatoms. The van der Waals surface area contributed by atoms with Crippen molar-refractivity contribution in [2.24, 2.45) is 0 Å². The normalized spacial score (nSPS) is 14.9. The second kappa shape index (κ2) is 9.49. The summed E-state index contributed by atoms with van der Waals surface area (Å²) in [6.45, 7) is 4.10. The fraction of sp³-hybridized carbons (Fsp3) is 0.333. The van der Waals surface area contributed by atoms with Crippen molar-refractivity contribution >= 4 is 28.7 Å². The highest BCUT2D eigenvalue weighted by Crippen LogP contribution is 2.31. The van der Waals surface area contributed by atoms with Crippen LogP contribution in [-0.2, 0) is 0 Å². The number of benzene rings is 1. The highest BCUT2D eigenvalue weighted by atomic mass is 32.1. The minimum absolute atomic E-state index is 0.0337. The highest BCUT2D eigenvalue weighted by Gasteiger charge is 2.27. The smallest absolute Gasteiger partial charge is 0.262 e. The standard InChI is InChI=1S/C24H28N4O2S/c1-17-7-8-21-23(26-17)27(3)12-13-28(24(21)29)19-5-4-6-20(15-19)30-22(9-11-25-2)18-10-14-31-16-18/h4-8,10,14-16,22,25H,9,11-13H2,1-3H3. The summed E-state index contributed by atoms with van der Waals surface area (Å²) in [4.78, 5) is 21.8. The van der Waals surface area contributed by atoms with E-state index < -0.39 is 0 Å². The maximum atomic E-state index is 13.4. The van der Waals surface area contributed by atoms with Gasteiger partial charge in [-0.2, -0.15) is 11.3 Å². The zero-order valence-electron chi connectivity index (χ0n) is 18.2. The Morgan fingerprint density at radius 1 is 1.23 bits per heavy atom. The minimum atomic E-state index is -0.0344. The lowest BCUT2D eigenvalue weighted by molar-refractivity contribution is 0.0990. The fourth-order valence-electron chi connectivity index (χ4n) is 3.77. The fourth-order valence-corrected chi connectivity index (χ4v) is 4.47. The van der Waals surface area contributed by atoms with Gasteiger partial charge in [-0.1, -0.05) is 6.07 Å². The number of amides is 1. The maximum Gasteiger partial charge on any atom is 0.262 e. The first-order valence-corrected chi connectivity index (χ1v) is 11.4. The second-order valence-corrected chi connectivity index (χ2v) is 8.53. The van der Waals surface area contributed by atoms with Crippen LogP contribution in [0.25, 0.3) is 0 Å². The number of fused-ring (bicyclic) bond motifs is 1. The monoisotopic (exact) mass is 436 g/mol. The Bertz CT molecular complexity index is 1040. The molecule has 0 saturated heterocycles. The van der Waals surface area contributed by atoms with Crippen LogP contribution in [0.1, 0.15) is 34.1 Å². The molecule has 0 spiro atoms. The number of carbonyl (C=O) groups is 1. The molecule has 1 aliphatic rings. The summed E-state index contributed by atoms with van der Waals surface area (Å²) in [7, 11) is 3.93. The van der Waals surface area contributed by atoms with E-state index in [1.54, 1.807) is 11.3 Å². The summed E-state index contributed by atoms with van der Waals surface area (Å²) in [5.41, 5.74) is 3.54. The van der Waals surface area contributed by atoms with Gasteiger partial charge in [0.25, 0.3) is 5.91 Å². The zero-order valence-corrected chi connectivity index (χ0v) is 19.0. The lowest BCUT2D eigenvalue weighted by atomic mass is 10.1. The SMILES string of the molecule is CNCCC(Oc1cccc(N2CCN(C)c3nc(C)ccc3C2=O)c1)c1ccsc1. The van der Waals surface area contributed by atoms with Crippen LogP contribution in [0.3, 0.4) is 0 Å². The molecule has 0 radical (unpaired) electrons. The molecule has 1 aromatic carbocycles. The van der Waals surface area contributed by atoms with E-state index in [0.29, 0.717) is 18.7 Å². The first-order valence-electron chi connectivity index (χ1n) is 10.5. The largest absolute Gasteiger partial charge is 0.486 e. The van der Waals surface area contributed by atoms with Gasteiger partial charge in [-0.15, -0.1) is 0 Å². The van der Waals surface area contributed by atoms with Crippen molar-refractivity contribution in [3.05, 3.63) is 70.0 Å². The van der Waals surface area contributed by atoms with Crippen molar-refractivity contribution in [1.29, 1.82) is 0 Å². The first-order chi connectivity index (χ1) is 15.1. The van der Waals surface area contributed by atoms with Gasteiger partial charge in [-0.25, -0.2) is 4.98 Å². The zero-order chi connectivity index (χ0) is 21.8. The molecule has 1 amide bonds. The van der Waals surface area contributed by atoms with Crippen molar-refractivity contribution < 1.29 is 9.53 Å². The maximum absolute atomic E-state index is 13.4. The Morgan fingerprint density at radius 2 is 2.10 bits per heavy atom. The molecule has 4 rings (SSSR count). The quantitative estimate of drug-likeness (QED) is 0.599. The summed E-state index contributed by atoms with van der Waals surface area (Å²) >= 11 is 1.67. The summed E-state index contributed by atoms with van der Waals surface area (Å²) in [6, 6.07) is 13.7. The van der Waals surface area contributed by atoms with Crippen LogP contribution in [0.15, 0.2) is 53.2 Å². The van der Waals surface area contributed by atoms with E-state index in [-0.39, 0.29) is 12.0 Å². The summed E-state index contributed by atoms with van der Waals surface area (Å²) in [6.07, 6.45) is 0.830. The molecule has 0 bridgehead atoms. The molecule has 0 saturated carbocycles. The topological polar surface area (TPSA) is 57.7 Å². The molecular formula is C24H28N4O2S. The van der Waals surface area contributed by atoms with E-state index in [9.17, 15) is 4.79 Å². The third kappa shape index (κ3) is 4.73. The molecule has 162 valence electrons. The molecule has 6 nitrogen and oxygen atoms in total. The van der Waals surface area contributed by atoms with Crippen molar-refractivity contribution in [3.8, 4) is 5.75 Å². The molecule has 1 N–H and O–H groups in total. The number of anilines is 2. The van der Waals surface area contributed by atoms with Gasteiger partial charge in [-0.05, 0) is 61.6 Å². The number of hydrogen-bond acceptors (Lipinski definition) is 6. The number of hydrogen-bond donors (Lipinski definition) is 1. The summed E-state index contributed by atoms with van der Waals surface area (Å²) in [5.74, 6) is 1.47. The number of likely N-dealkylation sites (N-methyl/N-ethyl adjacent to an activating group) is 1. The Morgan fingerprint density at radius 3 is 2.87 bits per heavy atom. The van der Waals surface area contributed by atoms with Gasteiger partial charge in [0.2, 0.25) is 0 Å². The molecule has 3 aromatic rings. The van der Waals surface area contributed by atoms with E-state index in [1.807, 2.05) is 67.2 Å².